The predicted molar refractivity (Wildman–Crippen MR) is 63.8 cm³/mol. The smallest absolute Gasteiger partial charge is 0.0109 e. The van der Waals surface area contributed by atoms with Gasteiger partial charge in [-0.15, -0.1) is 0 Å². The van der Waals surface area contributed by atoms with Crippen LogP contribution >= 0.6 is 12.6 Å². The lowest BCUT2D eigenvalue weighted by atomic mass is 10.3. The highest BCUT2D eigenvalue weighted by Gasteiger charge is 2.02. The van der Waals surface area contributed by atoms with Crippen molar-refractivity contribution >= 4 is 12.6 Å². The van der Waals surface area contributed by atoms with Crippen molar-refractivity contribution in [1.82, 2.24) is 9.80 Å². The third-order valence-electron chi connectivity index (χ3n) is 2.04. The van der Waals surface area contributed by atoms with Gasteiger partial charge in [0.05, 0.1) is 0 Å². The largest absolute Gasteiger partial charge is 0.308 e. The lowest BCUT2D eigenvalue weighted by Crippen LogP contribution is -2.33. The Morgan fingerprint density at radius 1 is 1.00 bits per heavy atom. The van der Waals surface area contributed by atoms with Crippen LogP contribution in [0.15, 0.2) is 0 Å². The fraction of sp³-hybridized carbons (Fsp3) is 1.00. The molecule has 0 fully saturated rings. The molecule has 0 radical (unpaired) electrons. The van der Waals surface area contributed by atoms with Crippen molar-refractivity contribution in [3.63, 3.8) is 0 Å². The van der Waals surface area contributed by atoms with Gasteiger partial charge in [0.15, 0.2) is 0 Å². The van der Waals surface area contributed by atoms with Crippen molar-refractivity contribution in [1.29, 1.82) is 0 Å². The molecule has 0 amide bonds. The van der Waals surface area contributed by atoms with Gasteiger partial charge in [0.2, 0.25) is 0 Å². The van der Waals surface area contributed by atoms with Crippen LogP contribution in [-0.2, 0) is 0 Å². The van der Waals surface area contributed by atoms with Crippen LogP contribution in [0.1, 0.15) is 19.8 Å². The van der Waals surface area contributed by atoms with Crippen molar-refractivity contribution in [3.05, 3.63) is 0 Å². The van der Waals surface area contributed by atoms with Gasteiger partial charge in [-0.2, -0.15) is 12.6 Å². The summed E-state index contributed by atoms with van der Waals surface area (Å²) in [5.74, 6) is 1.00. The minimum atomic E-state index is 1.00. The Morgan fingerprint density at radius 3 is 2.15 bits per heavy atom. The molecule has 3 heteroatoms. The molecule has 0 bridgehead atoms. The van der Waals surface area contributed by atoms with Gasteiger partial charge in [0.25, 0.3) is 0 Å². The standard InChI is InChI=1S/C10H24N2S/c1-4-6-12(7-5-10-13)9-8-11(2)3/h13H,4-10H2,1-3H3. The Morgan fingerprint density at radius 2 is 1.69 bits per heavy atom. The van der Waals surface area contributed by atoms with E-state index >= 15 is 0 Å². The maximum atomic E-state index is 4.24. The lowest BCUT2D eigenvalue weighted by Gasteiger charge is -2.23. The summed E-state index contributed by atoms with van der Waals surface area (Å²) in [6, 6.07) is 0. The normalized spacial score (nSPS) is 11.5. The van der Waals surface area contributed by atoms with Gasteiger partial charge < -0.3 is 9.80 Å². The molecule has 0 heterocycles. The summed E-state index contributed by atoms with van der Waals surface area (Å²) in [5.41, 5.74) is 0. The molecule has 0 aromatic carbocycles. The zero-order valence-electron chi connectivity index (χ0n) is 9.29. The summed E-state index contributed by atoms with van der Waals surface area (Å²) in [5, 5.41) is 0. The molecular formula is C10H24N2S. The van der Waals surface area contributed by atoms with E-state index in [-0.39, 0.29) is 0 Å². The van der Waals surface area contributed by atoms with Gasteiger partial charge in [-0.3, -0.25) is 0 Å². The zero-order valence-corrected chi connectivity index (χ0v) is 10.2. The highest BCUT2D eigenvalue weighted by Crippen LogP contribution is 1.95. The third-order valence-corrected chi connectivity index (χ3v) is 2.35. The Labute approximate surface area is 88.7 Å². The number of thiol groups is 1. The van der Waals surface area contributed by atoms with Crippen molar-refractivity contribution < 1.29 is 0 Å². The van der Waals surface area contributed by atoms with Crippen LogP contribution < -0.4 is 0 Å². The molecule has 0 spiro atoms. The number of hydrogen-bond donors (Lipinski definition) is 1. The number of likely N-dealkylation sites (N-methyl/N-ethyl adjacent to an activating group) is 1. The molecule has 0 saturated heterocycles. The first-order valence-corrected chi connectivity index (χ1v) is 5.82. The van der Waals surface area contributed by atoms with Gasteiger partial charge in [-0.25, -0.2) is 0 Å². The number of hydrogen-bond acceptors (Lipinski definition) is 3. The van der Waals surface area contributed by atoms with Crippen LogP contribution in [0.3, 0.4) is 0 Å². The summed E-state index contributed by atoms with van der Waals surface area (Å²) in [7, 11) is 4.26. The van der Waals surface area contributed by atoms with Gasteiger partial charge in [0.1, 0.15) is 0 Å². The van der Waals surface area contributed by atoms with Gasteiger partial charge in [-0.05, 0) is 45.8 Å². The van der Waals surface area contributed by atoms with E-state index in [9.17, 15) is 0 Å². The first-order chi connectivity index (χ1) is 6.20. The van der Waals surface area contributed by atoms with Gasteiger partial charge in [0, 0.05) is 13.1 Å². The van der Waals surface area contributed by atoms with Gasteiger partial charge in [-0.1, -0.05) is 6.92 Å². The second-order valence-corrected chi connectivity index (χ2v) is 4.17. The predicted octanol–water partition coefficient (Wildman–Crippen LogP) is 1.58. The molecule has 0 unspecified atom stereocenters. The van der Waals surface area contributed by atoms with E-state index in [4.69, 9.17) is 0 Å². The van der Waals surface area contributed by atoms with E-state index in [1.54, 1.807) is 0 Å². The molecule has 0 aliphatic heterocycles. The fourth-order valence-electron chi connectivity index (χ4n) is 1.29. The minimum Gasteiger partial charge on any atom is -0.308 e. The minimum absolute atomic E-state index is 1.00. The van der Waals surface area contributed by atoms with E-state index in [1.807, 2.05) is 0 Å². The maximum absolute atomic E-state index is 4.24. The second-order valence-electron chi connectivity index (χ2n) is 3.72. The number of nitrogens with zero attached hydrogens (tertiary/aromatic N) is 2. The number of rotatable bonds is 8. The quantitative estimate of drug-likeness (QED) is 0.600. The molecule has 0 N–H and O–H groups in total. The highest BCUT2D eigenvalue weighted by atomic mass is 32.1. The molecule has 0 aliphatic rings. The van der Waals surface area contributed by atoms with E-state index in [2.05, 4.69) is 43.4 Å². The van der Waals surface area contributed by atoms with Crippen molar-refractivity contribution in [3.8, 4) is 0 Å². The van der Waals surface area contributed by atoms with Crippen LogP contribution in [0.5, 0.6) is 0 Å². The van der Waals surface area contributed by atoms with Crippen LogP contribution in [0.25, 0.3) is 0 Å². The molecule has 0 aromatic rings. The van der Waals surface area contributed by atoms with E-state index in [0.29, 0.717) is 0 Å². The molecule has 0 aromatic heterocycles. The highest BCUT2D eigenvalue weighted by molar-refractivity contribution is 7.80. The van der Waals surface area contributed by atoms with Crippen molar-refractivity contribution in [2.24, 2.45) is 0 Å². The molecule has 13 heavy (non-hydrogen) atoms. The Kier molecular flexibility index (Phi) is 9.03. The summed E-state index contributed by atoms with van der Waals surface area (Å²) < 4.78 is 0. The van der Waals surface area contributed by atoms with Crippen LogP contribution in [0.4, 0.5) is 0 Å². The molecule has 0 atom stereocenters. The van der Waals surface area contributed by atoms with E-state index in [0.717, 1.165) is 12.3 Å². The van der Waals surface area contributed by atoms with Crippen molar-refractivity contribution in [2.45, 2.75) is 19.8 Å². The maximum Gasteiger partial charge on any atom is 0.0109 e. The molecule has 2 nitrogen and oxygen atoms in total. The first kappa shape index (κ1) is 13.3. The zero-order chi connectivity index (χ0) is 10.1. The monoisotopic (exact) mass is 204 g/mol. The lowest BCUT2D eigenvalue weighted by molar-refractivity contribution is 0.242. The first-order valence-electron chi connectivity index (χ1n) is 5.18. The van der Waals surface area contributed by atoms with Crippen LogP contribution in [0.2, 0.25) is 0 Å². The third kappa shape index (κ3) is 8.60. The molecule has 0 saturated carbocycles. The Balaban J connectivity index is 3.53. The molecule has 80 valence electrons. The average Bonchev–Trinajstić information content (AvgIpc) is 2.09. The van der Waals surface area contributed by atoms with E-state index < -0.39 is 0 Å². The summed E-state index contributed by atoms with van der Waals surface area (Å²) in [6.45, 7) is 7.01. The van der Waals surface area contributed by atoms with Gasteiger partial charge >= 0.3 is 0 Å². The second kappa shape index (κ2) is 8.85. The fourth-order valence-corrected chi connectivity index (χ4v) is 1.43. The summed E-state index contributed by atoms with van der Waals surface area (Å²) in [4.78, 5) is 4.76. The Bertz CT molecular complexity index is 107. The Hall–Kier alpha value is 0.270. The average molecular weight is 204 g/mol. The van der Waals surface area contributed by atoms with Crippen molar-refractivity contribution in [2.75, 3.05) is 46.0 Å². The van der Waals surface area contributed by atoms with Crippen LogP contribution in [0, 0.1) is 0 Å². The van der Waals surface area contributed by atoms with E-state index in [1.165, 1.54) is 32.5 Å². The molecular weight excluding hydrogens is 180 g/mol. The summed E-state index contributed by atoms with van der Waals surface area (Å²) in [6.07, 6.45) is 2.45. The summed E-state index contributed by atoms with van der Waals surface area (Å²) >= 11 is 4.24. The van der Waals surface area contributed by atoms with Crippen LogP contribution in [-0.4, -0.2) is 55.8 Å². The SMILES string of the molecule is CCCN(CCCS)CCN(C)C. The molecule has 0 rings (SSSR count). The molecule has 0 aliphatic carbocycles. The topological polar surface area (TPSA) is 6.48 Å².